The molecule has 40 heavy (non-hydrogen) atoms. The second-order valence-corrected chi connectivity index (χ2v) is 9.88. The number of methoxy groups -OCH3 is 1. The fraction of sp³-hybridized carbons (Fsp3) is 0.138. The highest BCUT2D eigenvalue weighted by molar-refractivity contribution is 7.80. The zero-order valence-corrected chi connectivity index (χ0v) is 23.5. The average molecular weight is 597 g/mol. The lowest BCUT2D eigenvalue weighted by atomic mass is 10.0. The van der Waals surface area contributed by atoms with Gasteiger partial charge in [-0.15, -0.1) is 6.58 Å². The molecule has 2 aliphatic rings. The van der Waals surface area contributed by atoms with E-state index in [1.807, 2.05) is 18.2 Å². The van der Waals surface area contributed by atoms with Crippen molar-refractivity contribution in [3.63, 3.8) is 0 Å². The van der Waals surface area contributed by atoms with Crippen molar-refractivity contribution in [2.24, 2.45) is 0 Å². The van der Waals surface area contributed by atoms with Crippen LogP contribution in [0.5, 0.6) is 23.0 Å². The fourth-order valence-electron chi connectivity index (χ4n) is 4.28. The Morgan fingerprint density at radius 1 is 1.12 bits per heavy atom. The minimum Gasteiger partial charge on any atom is -0.493 e. The Morgan fingerprint density at radius 3 is 2.70 bits per heavy atom. The van der Waals surface area contributed by atoms with Crippen LogP contribution in [0.3, 0.4) is 0 Å². The normalized spacial score (nSPS) is 15.3. The molecule has 5 rings (SSSR count). The van der Waals surface area contributed by atoms with Crippen LogP contribution in [0.25, 0.3) is 6.08 Å². The molecule has 0 atom stereocenters. The second kappa shape index (κ2) is 11.6. The summed E-state index contributed by atoms with van der Waals surface area (Å²) in [6, 6.07) is 13.9. The van der Waals surface area contributed by atoms with Gasteiger partial charge in [-0.2, -0.15) is 0 Å². The van der Waals surface area contributed by atoms with Crippen LogP contribution in [0.15, 0.2) is 66.8 Å². The molecule has 0 saturated carbocycles. The maximum absolute atomic E-state index is 13.5. The van der Waals surface area contributed by atoms with E-state index in [9.17, 15) is 9.59 Å². The van der Waals surface area contributed by atoms with Crippen molar-refractivity contribution >= 4 is 64.1 Å². The molecule has 8 nitrogen and oxygen atoms in total. The highest BCUT2D eigenvalue weighted by Crippen LogP contribution is 2.38. The molecule has 1 N–H and O–H groups in total. The summed E-state index contributed by atoms with van der Waals surface area (Å²) in [5.74, 6) is 0.978. The van der Waals surface area contributed by atoms with Gasteiger partial charge < -0.3 is 18.9 Å². The van der Waals surface area contributed by atoms with E-state index in [-0.39, 0.29) is 39.8 Å². The number of carbonyl (C=O) groups is 2. The maximum Gasteiger partial charge on any atom is 0.270 e. The third kappa shape index (κ3) is 5.36. The van der Waals surface area contributed by atoms with Crippen LogP contribution in [-0.2, 0) is 22.6 Å². The van der Waals surface area contributed by atoms with E-state index in [0.717, 1.165) is 16.0 Å². The van der Waals surface area contributed by atoms with Gasteiger partial charge in [0.15, 0.2) is 28.1 Å². The molecule has 11 heteroatoms. The summed E-state index contributed by atoms with van der Waals surface area (Å²) >= 11 is 17.8. The molecule has 1 fully saturated rings. The van der Waals surface area contributed by atoms with E-state index >= 15 is 0 Å². The van der Waals surface area contributed by atoms with Gasteiger partial charge in [0.2, 0.25) is 6.79 Å². The van der Waals surface area contributed by atoms with Gasteiger partial charge in [-0.1, -0.05) is 41.4 Å². The van der Waals surface area contributed by atoms with Crippen LogP contribution in [0.2, 0.25) is 10.0 Å². The largest absolute Gasteiger partial charge is 0.493 e. The van der Waals surface area contributed by atoms with E-state index in [1.54, 1.807) is 36.4 Å². The molecule has 2 amide bonds. The first-order valence-corrected chi connectivity index (χ1v) is 13.2. The Kier molecular flexibility index (Phi) is 7.97. The number of benzene rings is 3. The lowest BCUT2D eigenvalue weighted by molar-refractivity contribution is -0.122. The maximum atomic E-state index is 13.5. The average Bonchev–Trinajstić information content (AvgIpc) is 3.40. The lowest BCUT2D eigenvalue weighted by Gasteiger charge is -2.29. The number of hydrogen-bond donors (Lipinski definition) is 1. The molecule has 3 aromatic carbocycles. The summed E-state index contributed by atoms with van der Waals surface area (Å²) in [5.41, 5.74) is 2.27. The number of hydrogen-bond acceptors (Lipinski definition) is 7. The summed E-state index contributed by atoms with van der Waals surface area (Å²) in [6.07, 6.45) is 3.62. The topological polar surface area (TPSA) is 86.3 Å². The molecule has 1 saturated heterocycles. The van der Waals surface area contributed by atoms with Crippen LogP contribution in [0.1, 0.15) is 16.7 Å². The van der Waals surface area contributed by atoms with Crippen molar-refractivity contribution in [3.05, 3.63) is 93.5 Å². The summed E-state index contributed by atoms with van der Waals surface area (Å²) < 4.78 is 22.6. The highest BCUT2D eigenvalue weighted by atomic mass is 35.5. The van der Waals surface area contributed by atoms with E-state index < -0.39 is 11.8 Å². The number of carbonyl (C=O) groups excluding carboxylic acids is 2. The predicted octanol–water partition coefficient (Wildman–Crippen LogP) is 5.87. The third-order valence-corrected chi connectivity index (χ3v) is 7.24. The predicted molar refractivity (Wildman–Crippen MR) is 156 cm³/mol. The number of thiocarbonyl (C=S) groups is 1. The van der Waals surface area contributed by atoms with Crippen molar-refractivity contribution in [2.45, 2.75) is 13.0 Å². The Hall–Kier alpha value is -4.05. The molecule has 0 bridgehead atoms. The Bertz CT molecular complexity index is 1590. The quantitative estimate of drug-likeness (QED) is 0.151. The first-order chi connectivity index (χ1) is 19.3. The van der Waals surface area contributed by atoms with Crippen LogP contribution >= 0.6 is 35.4 Å². The number of halogens is 2. The summed E-state index contributed by atoms with van der Waals surface area (Å²) in [4.78, 5) is 27.5. The smallest absolute Gasteiger partial charge is 0.270 e. The summed E-state index contributed by atoms with van der Waals surface area (Å²) in [6.45, 7) is 4.27. The van der Waals surface area contributed by atoms with E-state index in [1.165, 1.54) is 13.2 Å². The number of allylic oxidation sites excluding steroid dienone is 1. The van der Waals surface area contributed by atoms with Gasteiger partial charge in [-0.3, -0.25) is 19.8 Å². The number of anilines is 1. The molecular formula is C29H22Cl2N2O6S. The number of ether oxygens (including phenoxy) is 4. The zero-order valence-electron chi connectivity index (χ0n) is 21.2. The molecule has 3 aromatic rings. The number of nitrogens with zero attached hydrogens (tertiary/aromatic N) is 1. The second-order valence-electron chi connectivity index (χ2n) is 8.71. The van der Waals surface area contributed by atoms with Crippen molar-refractivity contribution in [1.82, 2.24) is 5.32 Å². The third-order valence-electron chi connectivity index (χ3n) is 6.14. The van der Waals surface area contributed by atoms with E-state index in [0.29, 0.717) is 35.0 Å². The van der Waals surface area contributed by atoms with Gasteiger partial charge in [0.1, 0.15) is 12.2 Å². The van der Waals surface area contributed by atoms with Crippen molar-refractivity contribution in [1.29, 1.82) is 0 Å². The number of fused-ring (bicyclic) bond motifs is 1. The van der Waals surface area contributed by atoms with E-state index in [2.05, 4.69) is 11.9 Å². The molecular weight excluding hydrogens is 575 g/mol. The van der Waals surface area contributed by atoms with Crippen LogP contribution < -0.4 is 29.2 Å². The van der Waals surface area contributed by atoms with Gasteiger partial charge in [0.05, 0.1) is 22.8 Å². The highest BCUT2D eigenvalue weighted by Gasteiger charge is 2.36. The number of amides is 2. The first-order valence-electron chi connectivity index (χ1n) is 12.0. The molecule has 0 aliphatic carbocycles. The van der Waals surface area contributed by atoms with Crippen molar-refractivity contribution < 1.29 is 28.5 Å². The monoisotopic (exact) mass is 596 g/mol. The first kappa shape index (κ1) is 27.5. The van der Waals surface area contributed by atoms with Crippen molar-refractivity contribution in [3.8, 4) is 23.0 Å². The van der Waals surface area contributed by atoms with E-state index in [4.69, 9.17) is 54.4 Å². The van der Waals surface area contributed by atoms with Gasteiger partial charge in [0, 0.05) is 5.56 Å². The minimum atomic E-state index is -0.648. The fourth-order valence-corrected chi connectivity index (χ4v) is 4.94. The van der Waals surface area contributed by atoms with Gasteiger partial charge in [0.25, 0.3) is 11.8 Å². The Morgan fingerprint density at radius 2 is 1.93 bits per heavy atom. The molecule has 0 aromatic heterocycles. The summed E-state index contributed by atoms with van der Waals surface area (Å²) in [5, 5.41) is 2.82. The molecule has 2 heterocycles. The Balaban J connectivity index is 1.48. The molecule has 2 aliphatic heterocycles. The molecule has 0 radical (unpaired) electrons. The van der Waals surface area contributed by atoms with Crippen LogP contribution in [0.4, 0.5) is 5.69 Å². The zero-order chi connectivity index (χ0) is 28.4. The number of nitrogens with one attached hydrogen (secondary N) is 1. The van der Waals surface area contributed by atoms with Gasteiger partial charge in [-0.25, -0.2) is 0 Å². The molecule has 0 spiro atoms. The van der Waals surface area contributed by atoms with Gasteiger partial charge in [-0.05, 0) is 72.2 Å². The van der Waals surface area contributed by atoms with Crippen LogP contribution in [-0.4, -0.2) is 30.8 Å². The SMILES string of the molecule is C=CCc1cc(/C=C2\C(=O)NC(=S)N(c3cccc(Cl)c3Cl)C2=O)cc(OC)c1OCc1ccc2c(c1)OCO2. The number of rotatable bonds is 8. The molecule has 0 unspecified atom stereocenters. The summed E-state index contributed by atoms with van der Waals surface area (Å²) in [7, 11) is 1.51. The Labute approximate surface area is 245 Å². The van der Waals surface area contributed by atoms with Crippen LogP contribution in [0, 0.1) is 0 Å². The van der Waals surface area contributed by atoms with Gasteiger partial charge >= 0.3 is 0 Å². The lowest BCUT2D eigenvalue weighted by Crippen LogP contribution is -2.54. The minimum absolute atomic E-state index is 0.103. The molecule has 204 valence electrons. The van der Waals surface area contributed by atoms with Crippen molar-refractivity contribution in [2.75, 3.05) is 18.8 Å². The standard InChI is InChI=1S/C29H22Cl2N2O6S/c1-3-5-18-10-17(13-24(36-2)26(18)37-14-16-8-9-22-23(12-16)39-15-38-22)11-19-27(34)32-29(40)33(28(19)35)21-7-4-6-20(30)25(21)31/h3-4,6-13H,1,5,14-15H2,2H3,(H,32,34,40)/b19-11+.